The number of nitrogens with one attached hydrogen (secondary N) is 2. The normalized spacial score (nSPS) is 14.6. The zero-order valence-corrected chi connectivity index (χ0v) is 11.6. The van der Waals surface area contributed by atoms with Gasteiger partial charge in [-0.3, -0.25) is 9.59 Å². The Kier molecular flexibility index (Phi) is 3.47. The van der Waals surface area contributed by atoms with Crippen LogP contribution in [0.25, 0.3) is 10.9 Å². The predicted molar refractivity (Wildman–Crippen MR) is 81.1 cm³/mol. The number of hydrogen-bond acceptors (Lipinski definition) is 5. The van der Waals surface area contributed by atoms with Crippen molar-refractivity contribution in [3.63, 3.8) is 0 Å². The average Bonchev–Trinajstić information content (AvgIpc) is 3.00. The summed E-state index contributed by atoms with van der Waals surface area (Å²) in [5.41, 5.74) is 7.29. The van der Waals surface area contributed by atoms with E-state index in [4.69, 9.17) is 5.73 Å². The molecule has 3 rings (SSSR count). The van der Waals surface area contributed by atoms with E-state index < -0.39 is 0 Å². The lowest BCUT2D eigenvalue weighted by Gasteiger charge is -2.16. The van der Waals surface area contributed by atoms with Gasteiger partial charge in [0, 0.05) is 13.1 Å². The molecule has 0 bridgehead atoms. The topological polar surface area (TPSA) is 104 Å². The van der Waals surface area contributed by atoms with Gasteiger partial charge in [0.1, 0.15) is 0 Å². The van der Waals surface area contributed by atoms with Crippen LogP contribution in [0.3, 0.4) is 0 Å². The molecule has 4 N–H and O–H groups in total. The Morgan fingerprint density at radius 3 is 2.90 bits per heavy atom. The molecule has 0 aliphatic carbocycles. The molecule has 7 nitrogen and oxygen atoms in total. The Morgan fingerprint density at radius 2 is 2.14 bits per heavy atom. The van der Waals surface area contributed by atoms with Crippen molar-refractivity contribution < 1.29 is 4.79 Å². The number of nitrogens with two attached hydrogens (primary N) is 1. The van der Waals surface area contributed by atoms with E-state index in [1.54, 1.807) is 12.1 Å². The monoisotopic (exact) mass is 287 g/mol. The fraction of sp³-hybridized carbons (Fsp3) is 0.357. The summed E-state index contributed by atoms with van der Waals surface area (Å²) < 4.78 is 0. The lowest BCUT2D eigenvalue weighted by atomic mass is 10.2. The summed E-state index contributed by atoms with van der Waals surface area (Å²) in [5, 5.41) is 3.47. The lowest BCUT2D eigenvalue weighted by Crippen LogP contribution is -2.33. The van der Waals surface area contributed by atoms with Gasteiger partial charge in [-0.15, -0.1) is 0 Å². The van der Waals surface area contributed by atoms with Gasteiger partial charge in [0.15, 0.2) is 0 Å². The third-order valence-corrected chi connectivity index (χ3v) is 3.70. The molecule has 1 aromatic heterocycles. The highest BCUT2D eigenvalue weighted by Gasteiger charge is 2.17. The number of likely N-dealkylation sites (tertiary alicyclic amines) is 1. The van der Waals surface area contributed by atoms with Crippen LogP contribution in [0.5, 0.6) is 0 Å². The van der Waals surface area contributed by atoms with Crippen LogP contribution in [-0.4, -0.2) is 40.4 Å². The number of aromatic nitrogens is 2. The van der Waals surface area contributed by atoms with Crippen LogP contribution in [0.4, 0.5) is 11.4 Å². The molecule has 0 unspecified atom stereocenters. The van der Waals surface area contributed by atoms with Gasteiger partial charge in [-0.05, 0) is 25.0 Å². The Balaban J connectivity index is 1.79. The van der Waals surface area contributed by atoms with E-state index in [0.717, 1.165) is 25.9 Å². The van der Waals surface area contributed by atoms with Crippen LogP contribution in [0.1, 0.15) is 12.8 Å². The number of rotatable bonds is 3. The molecule has 1 aliphatic rings. The molecule has 21 heavy (non-hydrogen) atoms. The minimum absolute atomic E-state index is 0.0610. The number of benzene rings is 1. The first-order chi connectivity index (χ1) is 10.1. The molecule has 0 saturated carbocycles. The Morgan fingerprint density at radius 1 is 1.38 bits per heavy atom. The maximum absolute atomic E-state index is 12.0. The standard InChI is InChI=1S/C14H17N5O2/c15-10-5-9-11(17-8-18-14(9)21)6-12(10)16-7-13(20)19-3-1-2-4-19/h5-6,8,16H,1-4,7,15H2,(H,17,18,21). The Labute approximate surface area is 121 Å². The van der Waals surface area contributed by atoms with Crippen molar-refractivity contribution in [2.75, 3.05) is 30.7 Å². The predicted octanol–water partition coefficient (Wildman–Crippen LogP) is 0.540. The largest absolute Gasteiger partial charge is 0.397 e. The number of fused-ring (bicyclic) bond motifs is 1. The number of hydrogen-bond donors (Lipinski definition) is 3. The highest BCUT2D eigenvalue weighted by Crippen LogP contribution is 2.22. The first-order valence-electron chi connectivity index (χ1n) is 6.94. The van der Waals surface area contributed by atoms with Crippen LogP contribution in [0, 0.1) is 0 Å². The van der Waals surface area contributed by atoms with Gasteiger partial charge in [0.2, 0.25) is 5.91 Å². The molecular weight excluding hydrogens is 270 g/mol. The van der Waals surface area contributed by atoms with Gasteiger partial charge in [0.05, 0.1) is 35.1 Å². The molecule has 1 aromatic carbocycles. The van der Waals surface area contributed by atoms with Crippen LogP contribution >= 0.6 is 0 Å². The third kappa shape index (κ3) is 2.67. The van der Waals surface area contributed by atoms with Crippen LogP contribution in [-0.2, 0) is 4.79 Å². The molecule has 1 aliphatic heterocycles. The number of carbonyl (C=O) groups excluding carboxylic acids is 1. The molecule has 1 saturated heterocycles. The van der Waals surface area contributed by atoms with Crippen molar-refractivity contribution in [3.8, 4) is 0 Å². The summed E-state index contributed by atoms with van der Waals surface area (Å²) in [4.78, 5) is 32.1. The van der Waals surface area contributed by atoms with E-state index >= 15 is 0 Å². The fourth-order valence-electron chi connectivity index (χ4n) is 2.53. The molecule has 110 valence electrons. The molecule has 2 aromatic rings. The van der Waals surface area contributed by atoms with Crippen molar-refractivity contribution >= 4 is 28.2 Å². The smallest absolute Gasteiger partial charge is 0.258 e. The van der Waals surface area contributed by atoms with Crippen LogP contribution < -0.4 is 16.6 Å². The summed E-state index contributed by atoms with van der Waals surface area (Å²) >= 11 is 0. The minimum Gasteiger partial charge on any atom is -0.397 e. The van der Waals surface area contributed by atoms with Gasteiger partial charge in [0.25, 0.3) is 5.56 Å². The van der Waals surface area contributed by atoms with Gasteiger partial charge in [-0.1, -0.05) is 0 Å². The number of H-pyrrole nitrogens is 1. The van der Waals surface area contributed by atoms with Gasteiger partial charge in [-0.25, -0.2) is 4.98 Å². The SMILES string of the molecule is Nc1cc2c(=O)[nH]cnc2cc1NCC(=O)N1CCCC1. The number of carbonyl (C=O) groups is 1. The summed E-state index contributed by atoms with van der Waals surface area (Å²) in [6.45, 7) is 1.84. The minimum atomic E-state index is -0.230. The van der Waals surface area contributed by atoms with Gasteiger partial charge in [-0.2, -0.15) is 0 Å². The Bertz CT molecular complexity index is 734. The average molecular weight is 287 g/mol. The number of nitrogens with zero attached hydrogens (tertiary/aromatic N) is 2. The second kappa shape index (κ2) is 5.43. The number of aromatic amines is 1. The summed E-state index contributed by atoms with van der Waals surface area (Å²) in [6, 6.07) is 3.26. The van der Waals surface area contributed by atoms with E-state index in [1.807, 2.05) is 4.90 Å². The van der Waals surface area contributed by atoms with E-state index in [1.165, 1.54) is 6.33 Å². The van der Waals surface area contributed by atoms with E-state index in [0.29, 0.717) is 22.3 Å². The molecule has 0 atom stereocenters. The van der Waals surface area contributed by atoms with Gasteiger partial charge >= 0.3 is 0 Å². The molecule has 1 fully saturated rings. The van der Waals surface area contributed by atoms with E-state index in [2.05, 4.69) is 15.3 Å². The molecule has 0 spiro atoms. The van der Waals surface area contributed by atoms with Crippen LogP contribution in [0.2, 0.25) is 0 Å². The summed E-state index contributed by atoms with van der Waals surface area (Å²) in [6.07, 6.45) is 3.48. The summed E-state index contributed by atoms with van der Waals surface area (Å²) in [5.74, 6) is 0.0610. The summed E-state index contributed by atoms with van der Waals surface area (Å²) in [7, 11) is 0. The second-order valence-corrected chi connectivity index (χ2v) is 5.13. The second-order valence-electron chi connectivity index (χ2n) is 5.13. The fourth-order valence-corrected chi connectivity index (χ4v) is 2.53. The van der Waals surface area contributed by atoms with E-state index in [-0.39, 0.29) is 18.0 Å². The zero-order chi connectivity index (χ0) is 14.8. The quantitative estimate of drug-likeness (QED) is 0.715. The first-order valence-corrected chi connectivity index (χ1v) is 6.94. The molecule has 1 amide bonds. The number of nitrogen functional groups attached to an aromatic ring is 1. The van der Waals surface area contributed by atoms with Crippen molar-refractivity contribution in [1.82, 2.24) is 14.9 Å². The molecule has 2 heterocycles. The molecular formula is C14H17N5O2. The van der Waals surface area contributed by atoms with Crippen molar-refractivity contribution in [2.45, 2.75) is 12.8 Å². The maximum atomic E-state index is 12.0. The van der Waals surface area contributed by atoms with Crippen molar-refractivity contribution in [2.24, 2.45) is 0 Å². The molecule has 7 heteroatoms. The highest BCUT2D eigenvalue weighted by molar-refractivity contribution is 5.90. The third-order valence-electron chi connectivity index (χ3n) is 3.70. The van der Waals surface area contributed by atoms with Crippen molar-refractivity contribution in [1.29, 1.82) is 0 Å². The van der Waals surface area contributed by atoms with Gasteiger partial charge < -0.3 is 20.9 Å². The number of amides is 1. The van der Waals surface area contributed by atoms with E-state index in [9.17, 15) is 9.59 Å². The maximum Gasteiger partial charge on any atom is 0.258 e. The lowest BCUT2D eigenvalue weighted by molar-refractivity contribution is -0.128. The van der Waals surface area contributed by atoms with Crippen LogP contribution in [0.15, 0.2) is 23.3 Å². The molecule has 0 radical (unpaired) electrons. The first kappa shape index (κ1) is 13.4. The van der Waals surface area contributed by atoms with Crippen molar-refractivity contribution in [3.05, 3.63) is 28.8 Å². The highest BCUT2D eigenvalue weighted by atomic mass is 16.2. The number of anilines is 2. The Hall–Kier alpha value is -2.57. The zero-order valence-electron chi connectivity index (χ0n) is 11.6.